The SMILES string of the molecule is Cc1ccc(S(=O)(=O)N(C)C)cc1NC(=O)Cn1c(-c2ccccc2)cc2ccccc21. The van der Waals surface area contributed by atoms with Crippen molar-refractivity contribution in [3.63, 3.8) is 0 Å². The van der Waals surface area contributed by atoms with Crippen LogP contribution in [0, 0.1) is 6.92 Å². The molecular weight excluding hydrogens is 422 g/mol. The number of aromatic nitrogens is 1. The van der Waals surface area contributed by atoms with Crippen molar-refractivity contribution < 1.29 is 13.2 Å². The smallest absolute Gasteiger partial charge is 0.244 e. The number of carbonyl (C=O) groups excluding carboxylic acids is 1. The van der Waals surface area contributed by atoms with E-state index in [2.05, 4.69) is 11.4 Å². The average Bonchev–Trinajstić information content (AvgIpc) is 3.14. The highest BCUT2D eigenvalue weighted by Gasteiger charge is 2.19. The van der Waals surface area contributed by atoms with E-state index in [0.717, 1.165) is 32.0 Å². The van der Waals surface area contributed by atoms with Crippen LogP contribution in [0.4, 0.5) is 5.69 Å². The molecule has 4 aromatic rings. The Kier molecular flexibility index (Phi) is 5.86. The summed E-state index contributed by atoms with van der Waals surface area (Å²) in [6.45, 7) is 1.93. The van der Waals surface area contributed by atoms with Crippen LogP contribution in [-0.2, 0) is 21.4 Å². The van der Waals surface area contributed by atoms with E-state index in [4.69, 9.17) is 0 Å². The first-order valence-corrected chi connectivity index (χ1v) is 11.7. The molecule has 0 bridgehead atoms. The molecule has 3 aromatic carbocycles. The summed E-state index contributed by atoms with van der Waals surface area (Å²) in [6, 6.07) is 24.7. The molecule has 0 spiro atoms. The summed E-state index contributed by atoms with van der Waals surface area (Å²) in [5, 5.41) is 3.95. The molecule has 1 N–H and O–H groups in total. The number of sulfonamides is 1. The topological polar surface area (TPSA) is 71.4 Å². The van der Waals surface area contributed by atoms with Gasteiger partial charge in [-0.2, -0.15) is 0 Å². The summed E-state index contributed by atoms with van der Waals surface area (Å²) < 4.78 is 28.1. The molecule has 0 aliphatic rings. The summed E-state index contributed by atoms with van der Waals surface area (Å²) in [6.07, 6.45) is 0. The van der Waals surface area contributed by atoms with Crippen molar-refractivity contribution in [2.45, 2.75) is 18.4 Å². The lowest BCUT2D eigenvalue weighted by molar-refractivity contribution is -0.116. The fourth-order valence-corrected chi connectivity index (χ4v) is 4.60. The van der Waals surface area contributed by atoms with Crippen molar-refractivity contribution >= 4 is 32.5 Å². The van der Waals surface area contributed by atoms with E-state index < -0.39 is 10.0 Å². The molecule has 1 heterocycles. The molecule has 0 fully saturated rings. The Labute approximate surface area is 188 Å². The number of fused-ring (bicyclic) bond motifs is 1. The number of carbonyl (C=O) groups is 1. The zero-order valence-electron chi connectivity index (χ0n) is 18.2. The Balaban J connectivity index is 1.68. The van der Waals surface area contributed by atoms with Gasteiger partial charge in [0.1, 0.15) is 6.54 Å². The van der Waals surface area contributed by atoms with Crippen molar-refractivity contribution in [1.82, 2.24) is 8.87 Å². The lowest BCUT2D eigenvalue weighted by Crippen LogP contribution is -2.23. The van der Waals surface area contributed by atoms with Crippen LogP contribution >= 0.6 is 0 Å². The van der Waals surface area contributed by atoms with Crippen molar-refractivity contribution in [3.05, 3.63) is 84.4 Å². The molecule has 0 saturated carbocycles. The second kappa shape index (κ2) is 8.61. The molecule has 164 valence electrons. The van der Waals surface area contributed by atoms with Gasteiger partial charge >= 0.3 is 0 Å². The number of para-hydroxylation sites is 1. The molecule has 7 heteroatoms. The van der Waals surface area contributed by atoms with E-state index in [1.807, 2.05) is 66.1 Å². The number of nitrogens with zero attached hydrogens (tertiary/aromatic N) is 2. The highest BCUT2D eigenvalue weighted by Crippen LogP contribution is 2.28. The second-order valence-electron chi connectivity index (χ2n) is 7.85. The van der Waals surface area contributed by atoms with Gasteiger partial charge < -0.3 is 9.88 Å². The lowest BCUT2D eigenvalue weighted by Gasteiger charge is -2.15. The molecule has 4 rings (SSSR count). The molecule has 6 nitrogen and oxygen atoms in total. The fraction of sp³-hybridized carbons (Fsp3) is 0.160. The number of aryl methyl sites for hydroxylation is 1. The van der Waals surface area contributed by atoms with E-state index in [1.165, 1.54) is 20.2 Å². The van der Waals surface area contributed by atoms with Crippen molar-refractivity contribution in [1.29, 1.82) is 0 Å². The van der Waals surface area contributed by atoms with Gasteiger partial charge in [0.2, 0.25) is 15.9 Å². The zero-order valence-corrected chi connectivity index (χ0v) is 19.1. The number of anilines is 1. The minimum Gasteiger partial charge on any atom is -0.331 e. The van der Waals surface area contributed by atoms with Crippen LogP contribution in [0.1, 0.15) is 5.56 Å². The fourth-order valence-electron chi connectivity index (χ4n) is 3.67. The third kappa shape index (κ3) is 4.17. The van der Waals surface area contributed by atoms with Gasteiger partial charge in [-0.25, -0.2) is 12.7 Å². The summed E-state index contributed by atoms with van der Waals surface area (Å²) in [4.78, 5) is 13.2. The molecule has 0 radical (unpaired) electrons. The Morgan fingerprint density at radius 3 is 2.34 bits per heavy atom. The molecular formula is C25H25N3O3S. The predicted octanol–water partition coefficient (Wildman–Crippen LogP) is 4.51. The average molecular weight is 448 g/mol. The van der Waals surface area contributed by atoms with Crippen LogP contribution in [0.15, 0.2) is 83.8 Å². The van der Waals surface area contributed by atoms with Crippen LogP contribution in [0.3, 0.4) is 0 Å². The van der Waals surface area contributed by atoms with E-state index in [1.54, 1.807) is 12.1 Å². The molecule has 0 saturated heterocycles. The Bertz CT molecular complexity index is 1390. The number of benzene rings is 3. The number of hydrogen-bond acceptors (Lipinski definition) is 3. The highest BCUT2D eigenvalue weighted by molar-refractivity contribution is 7.89. The maximum absolute atomic E-state index is 13.1. The van der Waals surface area contributed by atoms with E-state index in [0.29, 0.717) is 5.69 Å². The van der Waals surface area contributed by atoms with Crippen molar-refractivity contribution in [2.75, 3.05) is 19.4 Å². The van der Waals surface area contributed by atoms with Crippen LogP contribution in [0.2, 0.25) is 0 Å². The third-order valence-electron chi connectivity index (χ3n) is 5.44. The predicted molar refractivity (Wildman–Crippen MR) is 128 cm³/mol. The van der Waals surface area contributed by atoms with Gasteiger partial charge in [0.15, 0.2) is 0 Å². The summed E-state index contributed by atoms with van der Waals surface area (Å²) >= 11 is 0. The van der Waals surface area contributed by atoms with Crippen molar-refractivity contribution in [2.24, 2.45) is 0 Å². The molecule has 0 aliphatic heterocycles. The molecule has 1 aromatic heterocycles. The minimum atomic E-state index is -3.60. The first-order chi connectivity index (χ1) is 15.3. The molecule has 0 unspecified atom stereocenters. The van der Waals surface area contributed by atoms with Crippen LogP contribution in [0.5, 0.6) is 0 Å². The molecule has 0 aliphatic carbocycles. The number of hydrogen-bond donors (Lipinski definition) is 1. The van der Waals surface area contributed by atoms with Gasteiger partial charge in [0.25, 0.3) is 0 Å². The Hall–Kier alpha value is -3.42. The van der Waals surface area contributed by atoms with Gasteiger partial charge in [-0.15, -0.1) is 0 Å². The van der Waals surface area contributed by atoms with Crippen LogP contribution in [0.25, 0.3) is 22.2 Å². The van der Waals surface area contributed by atoms with Crippen LogP contribution in [-0.4, -0.2) is 37.3 Å². The summed E-state index contributed by atoms with van der Waals surface area (Å²) in [7, 11) is -0.633. The Morgan fingerprint density at radius 1 is 0.938 bits per heavy atom. The standard InChI is InChI=1S/C25H25N3O3S/c1-18-13-14-21(32(30,31)27(2)3)16-22(18)26-25(29)17-28-23-12-8-7-11-20(23)15-24(28)19-9-5-4-6-10-19/h4-16H,17H2,1-3H3,(H,26,29). The molecule has 0 atom stereocenters. The first-order valence-electron chi connectivity index (χ1n) is 10.2. The van der Waals surface area contributed by atoms with E-state index >= 15 is 0 Å². The third-order valence-corrected chi connectivity index (χ3v) is 7.25. The minimum absolute atomic E-state index is 0.0990. The Morgan fingerprint density at radius 2 is 1.62 bits per heavy atom. The van der Waals surface area contributed by atoms with Gasteiger partial charge in [-0.05, 0) is 42.3 Å². The monoisotopic (exact) mass is 447 g/mol. The maximum atomic E-state index is 13.1. The quantitative estimate of drug-likeness (QED) is 0.473. The largest absolute Gasteiger partial charge is 0.331 e. The normalized spacial score (nSPS) is 11.8. The molecule has 1 amide bonds. The van der Waals surface area contributed by atoms with Gasteiger partial charge in [0, 0.05) is 36.4 Å². The van der Waals surface area contributed by atoms with Gasteiger partial charge in [0.05, 0.1) is 4.90 Å². The lowest BCUT2D eigenvalue weighted by atomic mass is 10.1. The van der Waals surface area contributed by atoms with E-state index in [-0.39, 0.29) is 17.3 Å². The maximum Gasteiger partial charge on any atom is 0.244 e. The first kappa shape index (κ1) is 21.8. The number of amides is 1. The summed E-state index contributed by atoms with van der Waals surface area (Å²) in [5.41, 5.74) is 4.20. The number of rotatable bonds is 6. The number of nitrogens with one attached hydrogen (secondary N) is 1. The van der Waals surface area contributed by atoms with Crippen molar-refractivity contribution in [3.8, 4) is 11.3 Å². The summed E-state index contributed by atoms with van der Waals surface area (Å²) in [5.74, 6) is -0.231. The molecule has 32 heavy (non-hydrogen) atoms. The second-order valence-corrected chi connectivity index (χ2v) is 10.0. The zero-order chi connectivity index (χ0) is 22.9. The van der Waals surface area contributed by atoms with Gasteiger partial charge in [-0.1, -0.05) is 54.6 Å². The van der Waals surface area contributed by atoms with E-state index in [9.17, 15) is 13.2 Å². The van der Waals surface area contributed by atoms with Crippen LogP contribution < -0.4 is 5.32 Å². The highest BCUT2D eigenvalue weighted by atomic mass is 32.2. The van der Waals surface area contributed by atoms with Gasteiger partial charge in [-0.3, -0.25) is 4.79 Å².